The maximum atomic E-state index is 5.80. The summed E-state index contributed by atoms with van der Waals surface area (Å²) in [5.74, 6) is 0. The minimum absolute atomic E-state index is 0.313. The molecule has 2 N–H and O–H groups in total. The summed E-state index contributed by atoms with van der Waals surface area (Å²) in [4.78, 5) is 2.45. The van der Waals surface area contributed by atoms with Crippen LogP contribution >= 0.6 is 0 Å². The van der Waals surface area contributed by atoms with Crippen molar-refractivity contribution in [2.24, 2.45) is 5.73 Å². The van der Waals surface area contributed by atoms with Crippen LogP contribution in [0.15, 0.2) is 0 Å². The first-order chi connectivity index (χ1) is 6.20. The Morgan fingerprint density at radius 3 is 2.23 bits per heavy atom. The minimum Gasteiger partial charge on any atom is -0.327 e. The molecule has 0 bridgehead atoms. The summed E-state index contributed by atoms with van der Waals surface area (Å²) < 4.78 is 0. The number of likely N-dealkylation sites (N-methyl/N-ethyl adjacent to an activating group) is 1. The third kappa shape index (κ3) is 4.10. The third-order valence-electron chi connectivity index (χ3n) is 3.02. The fourth-order valence-corrected chi connectivity index (χ4v) is 2.30. The van der Waals surface area contributed by atoms with E-state index in [-0.39, 0.29) is 0 Å². The summed E-state index contributed by atoms with van der Waals surface area (Å²) in [6, 6.07) is 1.11. The molecule has 0 saturated heterocycles. The molecule has 0 aromatic heterocycles. The van der Waals surface area contributed by atoms with Crippen molar-refractivity contribution in [1.82, 2.24) is 4.90 Å². The molecule has 0 amide bonds. The highest BCUT2D eigenvalue weighted by atomic mass is 15.1. The lowest BCUT2D eigenvalue weighted by molar-refractivity contribution is 0.212. The molecule has 1 atom stereocenters. The molecular formula is C11H24N2. The SMILES string of the molecule is C[C@H](N)CN(C)C1CCCCCC1. The van der Waals surface area contributed by atoms with Crippen LogP contribution in [0.25, 0.3) is 0 Å². The third-order valence-corrected chi connectivity index (χ3v) is 3.02. The molecule has 0 unspecified atom stereocenters. The molecule has 2 heteroatoms. The Morgan fingerprint density at radius 1 is 1.23 bits per heavy atom. The average Bonchev–Trinajstić information content (AvgIpc) is 2.29. The zero-order valence-electron chi connectivity index (χ0n) is 9.13. The largest absolute Gasteiger partial charge is 0.327 e. The molecule has 1 aliphatic rings. The first-order valence-electron chi connectivity index (χ1n) is 5.66. The van der Waals surface area contributed by atoms with Crippen molar-refractivity contribution in [2.45, 2.75) is 57.5 Å². The van der Waals surface area contributed by atoms with Gasteiger partial charge in [0.2, 0.25) is 0 Å². The van der Waals surface area contributed by atoms with Gasteiger partial charge in [-0.1, -0.05) is 25.7 Å². The van der Waals surface area contributed by atoms with Crippen LogP contribution in [0.5, 0.6) is 0 Å². The van der Waals surface area contributed by atoms with E-state index >= 15 is 0 Å². The minimum atomic E-state index is 0.313. The first kappa shape index (κ1) is 11.0. The van der Waals surface area contributed by atoms with Gasteiger partial charge in [0.15, 0.2) is 0 Å². The van der Waals surface area contributed by atoms with E-state index in [2.05, 4.69) is 18.9 Å². The molecule has 13 heavy (non-hydrogen) atoms. The Kier molecular flexibility index (Phi) is 4.74. The highest BCUT2D eigenvalue weighted by molar-refractivity contribution is 4.74. The molecule has 0 aromatic rings. The van der Waals surface area contributed by atoms with Crippen LogP contribution in [-0.2, 0) is 0 Å². The number of rotatable bonds is 3. The van der Waals surface area contributed by atoms with E-state index in [4.69, 9.17) is 5.73 Å². The van der Waals surface area contributed by atoms with Gasteiger partial charge in [-0.3, -0.25) is 0 Å². The number of hydrogen-bond donors (Lipinski definition) is 1. The van der Waals surface area contributed by atoms with Crippen LogP contribution in [0.2, 0.25) is 0 Å². The van der Waals surface area contributed by atoms with Gasteiger partial charge in [-0.05, 0) is 26.8 Å². The van der Waals surface area contributed by atoms with Crippen molar-refractivity contribution in [3.63, 3.8) is 0 Å². The lowest BCUT2D eigenvalue weighted by Crippen LogP contribution is -2.39. The maximum absolute atomic E-state index is 5.80. The highest BCUT2D eigenvalue weighted by Crippen LogP contribution is 2.20. The Morgan fingerprint density at radius 2 is 1.77 bits per heavy atom. The molecule has 0 aliphatic heterocycles. The first-order valence-corrected chi connectivity index (χ1v) is 5.66. The molecule has 1 fully saturated rings. The zero-order valence-corrected chi connectivity index (χ0v) is 9.13. The standard InChI is InChI=1S/C11H24N2/c1-10(12)9-13(2)11-7-5-3-4-6-8-11/h10-11H,3-9,12H2,1-2H3/t10-/m0/s1. The van der Waals surface area contributed by atoms with E-state index in [0.29, 0.717) is 6.04 Å². The molecule has 0 heterocycles. The van der Waals surface area contributed by atoms with E-state index < -0.39 is 0 Å². The maximum Gasteiger partial charge on any atom is 0.0139 e. The van der Waals surface area contributed by atoms with Crippen molar-refractivity contribution in [1.29, 1.82) is 0 Å². The van der Waals surface area contributed by atoms with Gasteiger partial charge in [0.25, 0.3) is 0 Å². The van der Waals surface area contributed by atoms with Crippen molar-refractivity contribution in [3.05, 3.63) is 0 Å². The molecule has 1 aliphatic carbocycles. The van der Waals surface area contributed by atoms with E-state index in [0.717, 1.165) is 12.6 Å². The topological polar surface area (TPSA) is 29.3 Å². The summed E-state index contributed by atoms with van der Waals surface area (Å²) in [5.41, 5.74) is 5.80. The molecule has 78 valence electrons. The Bertz CT molecular complexity index is 126. The fraction of sp³-hybridized carbons (Fsp3) is 1.00. The normalized spacial score (nSPS) is 23.1. The monoisotopic (exact) mass is 184 g/mol. The van der Waals surface area contributed by atoms with Gasteiger partial charge >= 0.3 is 0 Å². The Hall–Kier alpha value is -0.0800. The van der Waals surface area contributed by atoms with Gasteiger partial charge < -0.3 is 10.6 Å². The second kappa shape index (κ2) is 5.61. The molecule has 0 radical (unpaired) electrons. The van der Waals surface area contributed by atoms with E-state index in [9.17, 15) is 0 Å². The lowest BCUT2D eigenvalue weighted by Gasteiger charge is -2.28. The van der Waals surface area contributed by atoms with Crippen LogP contribution in [0, 0.1) is 0 Å². The van der Waals surface area contributed by atoms with Gasteiger partial charge in [-0.15, -0.1) is 0 Å². The van der Waals surface area contributed by atoms with Gasteiger partial charge in [0.05, 0.1) is 0 Å². The fourth-order valence-electron chi connectivity index (χ4n) is 2.30. The summed E-state index contributed by atoms with van der Waals surface area (Å²) in [5, 5.41) is 0. The summed E-state index contributed by atoms with van der Waals surface area (Å²) in [6.07, 6.45) is 8.44. The average molecular weight is 184 g/mol. The van der Waals surface area contributed by atoms with Crippen molar-refractivity contribution in [3.8, 4) is 0 Å². The molecule has 0 aromatic carbocycles. The highest BCUT2D eigenvalue weighted by Gasteiger charge is 2.17. The van der Waals surface area contributed by atoms with Crippen LogP contribution in [-0.4, -0.2) is 30.6 Å². The molecular weight excluding hydrogens is 160 g/mol. The lowest BCUT2D eigenvalue weighted by atomic mass is 10.1. The van der Waals surface area contributed by atoms with Crippen molar-refractivity contribution >= 4 is 0 Å². The summed E-state index contributed by atoms with van der Waals surface area (Å²) in [7, 11) is 2.22. The second-order valence-corrected chi connectivity index (χ2v) is 4.56. The van der Waals surface area contributed by atoms with E-state index in [1.165, 1.54) is 38.5 Å². The number of hydrogen-bond acceptors (Lipinski definition) is 2. The van der Waals surface area contributed by atoms with Gasteiger partial charge in [-0.25, -0.2) is 0 Å². The van der Waals surface area contributed by atoms with E-state index in [1.807, 2.05) is 0 Å². The quantitative estimate of drug-likeness (QED) is 0.680. The molecule has 2 nitrogen and oxygen atoms in total. The van der Waals surface area contributed by atoms with Gasteiger partial charge in [-0.2, -0.15) is 0 Å². The zero-order chi connectivity index (χ0) is 9.68. The molecule has 1 saturated carbocycles. The number of nitrogens with zero attached hydrogens (tertiary/aromatic N) is 1. The molecule has 1 rings (SSSR count). The predicted octanol–water partition coefficient (Wildman–Crippen LogP) is 1.99. The van der Waals surface area contributed by atoms with Crippen molar-refractivity contribution < 1.29 is 0 Å². The van der Waals surface area contributed by atoms with E-state index in [1.54, 1.807) is 0 Å². The van der Waals surface area contributed by atoms with Crippen LogP contribution < -0.4 is 5.73 Å². The van der Waals surface area contributed by atoms with Crippen LogP contribution in [0.1, 0.15) is 45.4 Å². The smallest absolute Gasteiger partial charge is 0.0139 e. The van der Waals surface area contributed by atoms with Crippen molar-refractivity contribution in [2.75, 3.05) is 13.6 Å². The Balaban J connectivity index is 2.30. The van der Waals surface area contributed by atoms with Crippen LogP contribution in [0.4, 0.5) is 0 Å². The van der Waals surface area contributed by atoms with Gasteiger partial charge in [0, 0.05) is 18.6 Å². The predicted molar refractivity (Wildman–Crippen MR) is 57.8 cm³/mol. The molecule has 0 spiro atoms. The van der Waals surface area contributed by atoms with Gasteiger partial charge in [0.1, 0.15) is 0 Å². The van der Waals surface area contributed by atoms with Crippen LogP contribution in [0.3, 0.4) is 0 Å². The Labute approximate surface area is 82.5 Å². The number of nitrogens with two attached hydrogens (primary N) is 1. The second-order valence-electron chi connectivity index (χ2n) is 4.56. The summed E-state index contributed by atoms with van der Waals surface area (Å²) in [6.45, 7) is 3.14. The summed E-state index contributed by atoms with van der Waals surface area (Å²) >= 11 is 0.